The first kappa shape index (κ1) is 7.39. The minimum absolute atomic E-state index is 0.344. The van der Waals surface area contributed by atoms with Gasteiger partial charge in [-0.05, 0) is 0 Å². The fourth-order valence-corrected chi connectivity index (χ4v) is 0.549. The quantitative estimate of drug-likeness (QED) is 0.540. The van der Waals surface area contributed by atoms with E-state index in [0.29, 0.717) is 11.5 Å². The number of nitrogens with zero attached hydrogens (tertiary/aromatic N) is 1. The van der Waals surface area contributed by atoms with Crippen molar-refractivity contribution in [2.24, 2.45) is 0 Å². The predicted octanol–water partition coefficient (Wildman–Crippen LogP) is 0.170. The summed E-state index contributed by atoms with van der Waals surface area (Å²) < 4.78 is 4.33. The van der Waals surface area contributed by atoms with Crippen molar-refractivity contribution in [1.29, 1.82) is 0 Å². The van der Waals surface area contributed by atoms with E-state index in [9.17, 15) is 4.79 Å². The lowest BCUT2D eigenvalue weighted by Gasteiger charge is -1.99. The van der Waals surface area contributed by atoms with E-state index in [2.05, 4.69) is 20.3 Å². The third-order valence-electron chi connectivity index (χ3n) is 1.08. The van der Waals surface area contributed by atoms with Crippen LogP contribution in [-0.2, 0) is 4.74 Å². The summed E-state index contributed by atoms with van der Waals surface area (Å²) >= 11 is 0. The molecule has 0 saturated heterocycles. The highest BCUT2D eigenvalue weighted by molar-refractivity contribution is 5.86. The van der Waals surface area contributed by atoms with Crippen molar-refractivity contribution < 1.29 is 9.53 Å². The molecule has 0 unspecified atom stereocenters. The number of nitrogens with one attached hydrogen (secondary N) is 2. The molecule has 60 valence electrons. The number of rotatable bonds is 1. The molecule has 11 heavy (non-hydrogen) atoms. The zero-order chi connectivity index (χ0) is 8.27. The number of ether oxygens (including phenoxy) is 1. The number of aromatic amines is 1. The molecule has 1 rings (SSSR count). The second-order valence-electron chi connectivity index (χ2n) is 1.82. The van der Waals surface area contributed by atoms with E-state index in [-0.39, 0.29) is 0 Å². The van der Waals surface area contributed by atoms with Gasteiger partial charge in [0.1, 0.15) is 0 Å². The molecule has 0 spiro atoms. The van der Waals surface area contributed by atoms with Crippen molar-refractivity contribution in [1.82, 2.24) is 10.2 Å². The monoisotopic (exact) mass is 156 g/mol. The molecule has 0 aliphatic carbocycles. The van der Waals surface area contributed by atoms with Crippen LogP contribution in [0.2, 0.25) is 0 Å². The van der Waals surface area contributed by atoms with Crippen molar-refractivity contribution in [3.05, 3.63) is 6.20 Å². The Labute approximate surface area is 62.7 Å². The van der Waals surface area contributed by atoms with Gasteiger partial charge in [0.15, 0.2) is 5.82 Å². The van der Waals surface area contributed by atoms with Crippen molar-refractivity contribution in [3.63, 3.8) is 0 Å². The Kier molecular flexibility index (Phi) is 1.95. The van der Waals surface area contributed by atoms with Crippen LogP contribution in [0.25, 0.3) is 0 Å². The normalized spacial score (nSPS) is 9.18. The number of anilines is 2. The molecule has 6 nitrogen and oxygen atoms in total. The third kappa shape index (κ3) is 1.60. The Morgan fingerprint density at radius 1 is 1.91 bits per heavy atom. The molecule has 0 aliphatic rings. The number of hydrogen-bond acceptors (Lipinski definition) is 4. The number of aromatic nitrogens is 2. The van der Waals surface area contributed by atoms with Crippen LogP contribution >= 0.6 is 0 Å². The maximum atomic E-state index is 10.6. The van der Waals surface area contributed by atoms with Gasteiger partial charge in [-0.1, -0.05) is 0 Å². The highest BCUT2D eigenvalue weighted by Gasteiger charge is 2.04. The lowest BCUT2D eigenvalue weighted by atomic mass is 10.5. The summed E-state index contributed by atoms with van der Waals surface area (Å²) in [4.78, 5) is 10.6. The molecule has 1 aromatic heterocycles. The van der Waals surface area contributed by atoms with Crippen LogP contribution in [-0.4, -0.2) is 23.4 Å². The van der Waals surface area contributed by atoms with Crippen LogP contribution in [0.1, 0.15) is 0 Å². The first-order valence-electron chi connectivity index (χ1n) is 2.88. The molecule has 6 heteroatoms. The van der Waals surface area contributed by atoms with Gasteiger partial charge in [-0.25, -0.2) is 4.79 Å². The van der Waals surface area contributed by atoms with E-state index >= 15 is 0 Å². The zero-order valence-corrected chi connectivity index (χ0v) is 5.92. The van der Waals surface area contributed by atoms with Gasteiger partial charge in [0.05, 0.1) is 19.0 Å². The SMILES string of the molecule is COC(=O)Nc1[nH]ncc1N. The Balaban J connectivity index is 2.64. The number of carbonyl (C=O) groups is 1. The summed E-state index contributed by atoms with van der Waals surface area (Å²) in [7, 11) is 1.27. The number of amides is 1. The molecule has 1 amide bonds. The second kappa shape index (κ2) is 2.91. The lowest BCUT2D eigenvalue weighted by Crippen LogP contribution is -2.12. The van der Waals surface area contributed by atoms with Gasteiger partial charge < -0.3 is 10.5 Å². The van der Waals surface area contributed by atoms with Crippen molar-refractivity contribution in [3.8, 4) is 0 Å². The molecule has 0 bridgehead atoms. The third-order valence-corrected chi connectivity index (χ3v) is 1.08. The summed E-state index contributed by atoms with van der Waals surface area (Å²) in [6.45, 7) is 0. The molecular weight excluding hydrogens is 148 g/mol. The van der Waals surface area contributed by atoms with Crippen LogP contribution in [0.4, 0.5) is 16.3 Å². The van der Waals surface area contributed by atoms with Crippen molar-refractivity contribution in [2.45, 2.75) is 0 Å². The maximum Gasteiger partial charge on any atom is 0.412 e. The Morgan fingerprint density at radius 2 is 2.64 bits per heavy atom. The molecule has 1 heterocycles. The second-order valence-corrected chi connectivity index (χ2v) is 1.82. The van der Waals surface area contributed by atoms with Gasteiger partial charge in [-0.15, -0.1) is 0 Å². The molecule has 0 atom stereocenters. The molecule has 4 N–H and O–H groups in total. The van der Waals surface area contributed by atoms with E-state index in [0.717, 1.165) is 0 Å². The number of nitrogens with two attached hydrogens (primary N) is 1. The number of H-pyrrole nitrogens is 1. The van der Waals surface area contributed by atoms with Crippen LogP contribution in [0.5, 0.6) is 0 Å². The maximum absolute atomic E-state index is 10.6. The average Bonchev–Trinajstić information content (AvgIpc) is 2.37. The summed E-state index contributed by atoms with van der Waals surface area (Å²) in [6.07, 6.45) is 0.812. The van der Waals surface area contributed by atoms with Crippen molar-refractivity contribution in [2.75, 3.05) is 18.2 Å². The standard InChI is InChI=1S/C5H8N4O2/c1-11-5(10)8-4-3(6)2-7-9-4/h2H,6H2,1H3,(H2,7,8,9,10). The minimum Gasteiger partial charge on any atom is -0.453 e. The first-order chi connectivity index (χ1) is 5.24. The highest BCUT2D eigenvalue weighted by Crippen LogP contribution is 2.11. The van der Waals surface area contributed by atoms with Crippen LogP contribution < -0.4 is 11.1 Å². The number of hydrogen-bond donors (Lipinski definition) is 3. The van der Waals surface area contributed by atoms with E-state index in [1.807, 2.05) is 0 Å². The molecule has 0 saturated carbocycles. The van der Waals surface area contributed by atoms with E-state index < -0.39 is 6.09 Å². The van der Waals surface area contributed by atoms with Crippen molar-refractivity contribution >= 4 is 17.6 Å². The fraction of sp³-hybridized carbons (Fsp3) is 0.200. The molecular formula is C5H8N4O2. The zero-order valence-electron chi connectivity index (χ0n) is 5.92. The summed E-state index contributed by atoms with van der Waals surface area (Å²) in [6, 6.07) is 0. The molecule has 0 aliphatic heterocycles. The topological polar surface area (TPSA) is 93.0 Å². The van der Waals surface area contributed by atoms with E-state index in [1.54, 1.807) is 0 Å². The van der Waals surface area contributed by atoms with Gasteiger partial charge in [0, 0.05) is 0 Å². The smallest absolute Gasteiger partial charge is 0.412 e. The van der Waals surface area contributed by atoms with E-state index in [4.69, 9.17) is 5.73 Å². The summed E-state index contributed by atoms with van der Waals surface area (Å²) in [5.41, 5.74) is 5.75. The van der Waals surface area contributed by atoms with Crippen LogP contribution in [0, 0.1) is 0 Å². The molecule has 0 aromatic carbocycles. The Bertz CT molecular complexity index is 257. The van der Waals surface area contributed by atoms with Gasteiger partial charge in [-0.3, -0.25) is 10.4 Å². The fourth-order valence-electron chi connectivity index (χ4n) is 0.549. The van der Waals surface area contributed by atoms with Gasteiger partial charge in [0.25, 0.3) is 0 Å². The van der Waals surface area contributed by atoms with E-state index in [1.165, 1.54) is 13.3 Å². The molecule has 1 aromatic rings. The molecule has 0 radical (unpaired) electrons. The average molecular weight is 156 g/mol. The predicted molar refractivity (Wildman–Crippen MR) is 39.0 cm³/mol. The molecule has 0 fully saturated rings. The largest absolute Gasteiger partial charge is 0.453 e. The number of carbonyl (C=O) groups excluding carboxylic acids is 1. The Morgan fingerprint density at radius 3 is 3.09 bits per heavy atom. The lowest BCUT2D eigenvalue weighted by molar-refractivity contribution is 0.187. The minimum atomic E-state index is -0.582. The van der Waals surface area contributed by atoms with Gasteiger partial charge >= 0.3 is 6.09 Å². The summed E-state index contributed by atoms with van der Waals surface area (Å²) in [5.74, 6) is 0.344. The van der Waals surface area contributed by atoms with Gasteiger partial charge in [-0.2, -0.15) is 5.10 Å². The first-order valence-corrected chi connectivity index (χ1v) is 2.88. The van der Waals surface area contributed by atoms with Gasteiger partial charge in [0.2, 0.25) is 0 Å². The number of methoxy groups -OCH3 is 1. The highest BCUT2D eigenvalue weighted by atomic mass is 16.5. The van der Waals surface area contributed by atoms with Crippen LogP contribution in [0.15, 0.2) is 6.20 Å². The van der Waals surface area contributed by atoms with Crippen LogP contribution in [0.3, 0.4) is 0 Å². The number of nitrogen functional groups attached to an aromatic ring is 1. The Hall–Kier alpha value is -1.72. The summed E-state index contributed by atoms with van der Waals surface area (Å²) in [5, 5.41) is 8.41.